The molecule has 0 radical (unpaired) electrons. The number of nitrogens with one attached hydrogen (secondary N) is 1. The van der Waals surface area contributed by atoms with Crippen LogP contribution in [0.2, 0.25) is 0 Å². The first-order chi connectivity index (χ1) is 7.74. The zero-order chi connectivity index (χ0) is 11.5. The lowest BCUT2D eigenvalue weighted by Gasteiger charge is -2.34. The summed E-state index contributed by atoms with van der Waals surface area (Å²) >= 11 is 5.57. The number of thioether (sulfide) groups is 1. The molecule has 1 fully saturated rings. The van der Waals surface area contributed by atoms with Crippen molar-refractivity contribution in [1.82, 2.24) is 9.97 Å². The standard InChI is InChI=1S/C10H15BrN4S/c1-7-5-16-4-3-15(7)10-8(11)9(12-2)13-6-14-10/h6-7H,3-5H2,1-2H3,(H,12,13,14). The minimum absolute atomic E-state index is 0.523. The van der Waals surface area contributed by atoms with E-state index in [4.69, 9.17) is 0 Å². The van der Waals surface area contributed by atoms with Crippen molar-refractivity contribution in [3.63, 3.8) is 0 Å². The fraction of sp³-hybridized carbons (Fsp3) is 0.600. The third-order valence-corrected chi connectivity index (χ3v) is 4.57. The van der Waals surface area contributed by atoms with Gasteiger partial charge in [0.15, 0.2) is 0 Å². The first-order valence-electron chi connectivity index (χ1n) is 5.26. The van der Waals surface area contributed by atoms with E-state index in [9.17, 15) is 0 Å². The number of aromatic nitrogens is 2. The van der Waals surface area contributed by atoms with Crippen LogP contribution in [0.15, 0.2) is 10.8 Å². The minimum Gasteiger partial charge on any atom is -0.372 e. The fourth-order valence-corrected chi connectivity index (χ4v) is 3.42. The van der Waals surface area contributed by atoms with Crippen LogP contribution in [0.3, 0.4) is 0 Å². The third kappa shape index (κ3) is 2.27. The summed E-state index contributed by atoms with van der Waals surface area (Å²) in [6, 6.07) is 0.523. The molecule has 0 aliphatic carbocycles. The van der Waals surface area contributed by atoms with E-state index in [0.29, 0.717) is 6.04 Å². The maximum absolute atomic E-state index is 4.38. The smallest absolute Gasteiger partial charge is 0.148 e. The Balaban J connectivity index is 2.31. The largest absolute Gasteiger partial charge is 0.372 e. The van der Waals surface area contributed by atoms with Crippen molar-refractivity contribution in [2.45, 2.75) is 13.0 Å². The molecule has 2 heterocycles. The Bertz CT molecular complexity index is 374. The van der Waals surface area contributed by atoms with E-state index < -0.39 is 0 Å². The molecule has 16 heavy (non-hydrogen) atoms. The fourth-order valence-electron chi connectivity index (χ4n) is 1.78. The molecule has 6 heteroatoms. The topological polar surface area (TPSA) is 41.1 Å². The molecule has 1 atom stereocenters. The number of hydrogen-bond acceptors (Lipinski definition) is 5. The minimum atomic E-state index is 0.523. The molecule has 0 aromatic carbocycles. The first-order valence-corrected chi connectivity index (χ1v) is 7.21. The van der Waals surface area contributed by atoms with E-state index in [0.717, 1.165) is 34.2 Å². The Hall–Kier alpha value is -0.490. The molecule has 0 spiro atoms. The highest BCUT2D eigenvalue weighted by atomic mass is 79.9. The first kappa shape index (κ1) is 12.0. The van der Waals surface area contributed by atoms with E-state index in [-0.39, 0.29) is 0 Å². The van der Waals surface area contributed by atoms with Crippen molar-refractivity contribution in [3.05, 3.63) is 10.8 Å². The SMILES string of the molecule is CNc1ncnc(N2CCSCC2C)c1Br. The summed E-state index contributed by atoms with van der Waals surface area (Å²) in [5, 5.41) is 3.06. The second kappa shape index (κ2) is 5.23. The van der Waals surface area contributed by atoms with Crippen LogP contribution in [0.1, 0.15) is 6.92 Å². The van der Waals surface area contributed by atoms with E-state index in [1.165, 1.54) is 0 Å². The lowest BCUT2D eigenvalue weighted by atomic mass is 10.3. The molecule has 1 aromatic heterocycles. The average Bonchev–Trinajstić information content (AvgIpc) is 2.31. The monoisotopic (exact) mass is 302 g/mol. The molecule has 1 aliphatic heterocycles. The zero-order valence-corrected chi connectivity index (χ0v) is 11.8. The molecule has 0 amide bonds. The highest BCUT2D eigenvalue weighted by Crippen LogP contribution is 2.32. The molecule has 1 aliphatic rings. The van der Waals surface area contributed by atoms with Crippen molar-refractivity contribution in [1.29, 1.82) is 0 Å². The van der Waals surface area contributed by atoms with Gasteiger partial charge in [0.1, 0.15) is 22.4 Å². The Morgan fingerprint density at radius 1 is 1.56 bits per heavy atom. The van der Waals surface area contributed by atoms with Gasteiger partial charge in [0.25, 0.3) is 0 Å². The summed E-state index contributed by atoms with van der Waals surface area (Å²) in [6.45, 7) is 3.28. The Kier molecular flexibility index (Phi) is 3.91. The van der Waals surface area contributed by atoms with Gasteiger partial charge in [-0.3, -0.25) is 0 Å². The summed E-state index contributed by atoms with van der Waals surface area (Å²) in [5.74, 6) is 4.16. The zero-order valence-electron chi connectivity index (χ0n) is 9.40. The molecule has 88 valence electrons. The van der Waals surface area contributed by atoms with Crippen LogP contribution in [0.4, 0.5) is 11.6 Å². The third-order valence-electron chi connectivity index (χ3n) is 2.65. The van der Waals surface area contributed by atoms with Crippen molar-refractivity contribution in [2.75, 3.05) is 35.3 Å². The van der Waals surface area contributed by atoms with Gasteiger partial charge in [-0.15, -0.1) is 0 Å². The quantitative estimate of drug-likeness (QED) is 0.907. The van der Waals surface area contributed by atoms with Gasteiger partial charge in [-0.05, 0) is 22.9 Å². The van der Waals surface area contributed by atoms with Crippen LogP contribution in [0.25, 0.3) is 0 Å². The van der Waals surface area contributed by atoms with Gasteiger partial charge in [0.05, 0.1) is 0 Å². The molecule has 1 unspecified atom stereocenters. The van der Waals surface area contributed by atoms with Crippen molar-refractivity contribution >= 4 is 39.3 Å². The van der Waals surface area contributed by atoms with E-state index in [1.807, 2.05) is 18.8 Å². The van der Waals surface area contributed by atoms with Crippen LogP contribution in [0.5, 0.6) is 0 Å². The Morgan fingerprint density at radius 2 is 2.38 bits per heavy atom. The summed E-state index contributed by atoms with van der Waals surface area (Å²) in [6.07, 6.45) is 1.61. The predicted octanol–water partition coefficient (Wildman–Crippen LogP) is 2.22. The van der Waals surface area contributed by atoms with Crippen molar-refractivity contribution < 1.29 is 0 Å². The van der Waals surface area contributed by atoms with Crippen LogP contribution < -0.4 is 10.2 Å². The van der Waals surface area contributed by atoms with Gasteiger partial charge in [-0.1, -0.05) is 0 Å². The van der Waals surface area contributed by atoms with Gasteiger partial charge in [-0.2, -0.15) is 11.8 Å². The van der Waals surface area contributed by atoms with Gasteiger partial charge in [-0.25, -0.2) is 9.97 Å². The summed E-state index contributed by atoms with van der Waals surface area (Å²) in [4.78, 5) is 10.9. The van der Waals surface area contributed by atoms with E-state index in [2.05, 4.69) is 43.0 Å². The molecule has 0 bridgehead atoms. The summed E-state index contributed by atoms with van der Waals surface area (Å²) in [5.41, 5.74) is 0. The van der Waals surface area contributed by atoms with Gasteiger partial charge in [0.2, 0.25) is 0 Å². The summed E-state index contributed by atoms with van der Waals surface area (Å²) < 4.78 is 0.955. The molecule has 0 saturated carbocycles. The number of hydrogen-bond donors (Lipinski definition) is 1. The lowest BCUT2D eigenvalue weighted by molar-refractivity contribution is 0.687. The van der Waals surface area contributed by atoms with Crippen molar-refractivity contribution in [2.24, 2.45) is 0 Å². The highest BCUT2D eigenvalue weighted by molar-refractivity contribution is 9.10. The molecular weight excluding hydrogens is 288 g/mol. The van der Waals surface area contributed by atoms with E-state index in [1.54, 1.807) is 6.33 Å². The van der Waals surface area contributed by atoms with Crippen molar-refractivity contribution in [3.8, 4) is 0 Å². The highest BCUT2D eigenvalue weighted by Gasteiger charge is 2.23. The van der Waals surface area contributed by atoms with Crippen LogP contribution in [0, 0.1) is 0 Å². The number of nitrogens with zero attached hydrogens (tertiary/aromatic N) is 3. The normalized spacial score (nSPS) is 20.9. The molecule has 2 rings (SSSR count). The average molecular weight is 303 g/mol. The summed E-state index contributed by atoms with van der Waals surface area (Å²) in [7, 11) is 1.87. The molecule has 1 saturated heterocycles. The van der Waals surface area contributed by atoms with Gasteiger partial charge < -0.3 is 10.2 Å². The second-order valence-electron chi connectivity index (χ2n) is 3.73. The number of rotatable bonds is 2. The van der Waals surface area contributed by atoms with Crippen LogP contribution in [-0.4, -0.2) is 41.1 Å². The van der Waals surface area contributed by atoms with Gasteiger partial charge in [0, 0.05) is 31.1 Å². The lowest BCUT2D eigenvalue weighted by Crippen LogP contribution is -2.41. The molecule has 4 nitrogen and oxygen atoms in total. The Labute approximate surface area is 108 Å². The molecule has 1 aromatic rings. The molecule has 1 N–H and O–H groups in total. The number of halogens is 1. The maximum atomic E-state index is 4.38. The van der Waals surface area contributed by atoms with Gasteiger partial charge >= 0.3 is 0 Å². The van der Waals surface area contributed by atoms with Crippen LogP contribution >= 0.6 is 27.7 Å². The second-order valence-corrected chi connectivity index (χ2v) is 5.67. The maximum Gasteiger partial charge on any atom is 0.148 e. The predicted molar refractivity (Wildman–Crippen MR) is 73.4 cm³/mol. The van der Waals surface area contributed by atoms with E-state index >= 15 is 0 Å². The Morgan fingerprint density at radius 3 is 3.06 bits per heavy atom. The van der Waals surface area contributed by atoms with Crippen LogP contribution in [-0.2, 0) is 0 Å². The number of anilines is 2. The molecular formula is C10H15BrN4S.